The average Bonchev–Trinajstić information content (AvgIpc) is 2.33. The van der Waals surface area contributed by atoms with Crippen molar-refractivity contribution in [1.82, 2.24) is 0 Å². The molecule has 4 nitrogen and oxygen atoms in total. The fraction of sp³-hybridized carbons (Fsp3) is 0.692. The van der Waals surface area contributed by atoms with Gasteiger partial charge >= 0.3 is 0 Å². The standard InChI is InChI=1S/C13H18O4/c1-8-5-9-11(15)13(16-3,17-4)10(8)6-12(9,2)7-14/h5,7,9-10H,6H2,1-4H3/t9-,10+,12-/m0/s1. The highest BCUT2D eigenvalue weighted by atomic mass is 16.7. The maximum absolute atomic E-state index is 12.4. The zero-order valence-electron chi connectivity index (χ0n) is 10.6. The van der Waals surface area contributed by atoms with Gasteiger partial charge in [0.25, 0.3) is 0 Å². The van der Waals surface area contributed by atoms with Crippen LogP contribution < -0.4 is 0 Å². The van der Waals surface area contributed by atoms with Crippen LogP contribution in [0.4, 0.5) is 0 Å². The summed E-state index contributed by atoms with van der Waals surface area (Å²) in [6.07, 6.45) is 3.37. The van der Waals surface area contributed by atoms with Crippen molar-refractivity contribution in [3.05, 3.63) is 11.6 Å². The molecular formula is C13H18O4. The number of hydrogen-bond acceptors (Lipinski definition) is 4. The molecule has 0 aromatic heterocycles. The van der Waals surface area contributed by atoms with Crippen LogP contribution in [0.2, 0.25) is 0 Å². The summed E-state index contributed by atoms with van der Waals surface area (Å²) >= 11 is 0. The first-order valence-electron chi connectivity index (χ1n) is 5.74. The first-order valence-corrected chi connectivity index (χ1v) is 5.74. The van der Waals surface area contributed by atoms with Crippen molar-refractivity contribution in [2.24, 2.45) is 17.3 Å². The van der Waals surface area contributed by atoms with E-state index in [1.54, 1.807) is 0 Å². The summed E-state index contributed by atoms with van der Waals surface area (Å²) in [6, 6.07) is 0. The molecule has 4 heteroatoms. The van der Waals surface area contributed by atoms with E-state index in [2.05, 4.69) is 0 Å². The SMILES string of the molecule is COC1(OC)C(=O)[C@@H]2C=C(C)[C@H]1C[C@@]2(C)C=O. The summed E-state index contributed by atoms with van der Waals surface area (Å²) in [5.41, 5.74) is 0.444. The molecular weight excluding hydrogens is 220 g/mol. The molecule has 0 N–H and O–H groups in total. The van der Waals surface area contributed by atoms with Crippen molar-refractivity contribution in [2.45, 2.75) is 26.1 Å². The highest BCUT2D eigenvalue weighted by Gasteiger charge is 2.62. The minimum Gasteiger partial charge on any atom is -0.347 e. The smallest absolute Gasteiger partial charge is 0.235 e. The molecule has 0 heterocycles. The lowest BCUT2D eigenvalue weighted by molar-refractivity contribution is -0.245. The van der Waals surface area contributed by atoms with Crippen LogP contribution in [-0.4, -0.2) is 32.1 Å². The molecule has 3 rings (SSSR count). The average molecular weight is 238 g/mol. The van der Waals surface area contributed by atoms with E-state index in [4.69, 9.17) is 9.47 Å². The second-order valence-corrected chi connectivity index (χ2v) is 5.21. The van der Waals surface area contributed by atoms with Gasteiger partial charge in [0.05, 0.1) is 5.92 Å². The first kappa shape index (κ1) is 12.5. The quantitative estimate of drug-likeness (QED) is 0.423. The molecule has 3 aliphatic carbocycles. The van der Waals surface area contributed by atoms with Gasteiger partial charge in [-0.1, -0.05) is 18.6 Å². The van der Waals surface area contributed by atoms with E-state index in [1.165, 1.54) is 14.2 Å². The van der Waals surface area contributed by atoms with E-state index in [1.807, 2.05) is 19.9 Å². The lowest BCUT2D eigenvalue weighted by Crippen LogP contribution is -2.63. The van der Waals surface area contributed by atoms with E-state index in [0.717, 1.165) is 11.9 Å². The fourth-order valence-electron chi connectivity index (χ4n) is 3.19. The van der Waals surface area contributed by atoms with Gasteiger partial charge in [-0.2, -0.15) is 0 Å². The third kappa shape index (κ3) is 1.37. The molecule has 1 saturated carbocycles. The van der Waals surface area contributed by atoms with Gasteiger partial charge in [0, 0.05) is 25.6 Å². The summed E-state index contributed by atoms with van der Waals surface area (Å²) in [6.45, 7) is 3.79. The van der Waals surface area contributed by atoms with Crippen molar-refractivity contribution in [3.63, 3.8) is 0 Å². The number of hydrogen-bond donors (Lipinski definition) is 0. The number of ketones is 1. The maximum Gasteiger partial charge on any atom is 0.235 e. The van der Waals surface area contributed by atoms with E-state index in [-0.39, 0.29) is 11.7 Å². The van der Waals surface area contributed by atoms with Crippen LogP contribution in [0.1, 0.15) is 20.3 Å². The molecule has 0 aliphatic heterocycles. The van der Waals surface area contributed by atoms with E-state index < -0.39 is 17.1 Å². The Kier molecular flexibility index (Phi) is 2.75. The van der Waals surface area contributed by atoms with Crippen molar-refractivity contribution in [1.29, 1.82) is 0 Å². The van der Waals surface area contributed by atoms with Crippen molar-refractivity contribution >= 4 is 12.1 Å². The molecule has 94 valence electrons. The van der Waals surface area contributed by atoms with Gasteiger partial charge in [-0.25, -0.2) is 0 Å². The van der Waals surface area contributed by atoms with Crippen LogP contribution in [0.3, 0.4) is 0 Å². The monoisotopic (exact) mass is 238 g/mol. The van der Waals surface area contributed by atoms with Gasteiger partial charge in [-0.15, -0.1) is 0 Å². The molecule has 2 bridgehead atoms. The molecule has 17 heavy (non-hydrogen) atoms. The van der Waals surface area contributed by atoms with Crippen LogP contribution in [0, 0.1) is 17.3 Å². The van der Waals surface area contributed by atoms with Crippen LogP contribution in [-0.2, 0) is 19.1 Å². The second kappa shape index (κ2) is 3.75. The third-order valence-corrected chi connectivity index (χ3v) is 4.29. The predicted molar refractivity (Wildman–Crippen MR) is 61.3 cm³/mol. The summed E-state index contributed by atoms with van der Waals surface area (Å²) in [4.78, 5) is 23.7. The van der Waals surface area contributed by atoms with Crippen LogP contribution in [0.25, 0.3) is 0 Å². The van der Waals surface area contributed by atoms with Gasteiger partial charge in [-0.3, -0.25) is 4.79 Å². The Hall–Kier alpha value is -1.00. The maximum atomic E-state index is 12.4. The number of carbonyl (C=O) groups excluding carboxylic acids is 2. The van der Waals surface area contributed by atoms with Crippen LogP contribution >= 0.6 is 0 Å². The topological polar surface area (TPSA) is 52.6 Å². The molecule has 0 saturated heterocycles. The number of allylic oxidation sites excluding steroid dienone is 1. The van der Waals surface area contributed by atoms with E-state index >= 15 is 0 Å². The molecule has 1 fully saturated rings. The molecule has 0 aromatic carbocycles. The lowest BCUT2D eigenvalue weighted by atomic mass is 9.55. The molecule has 0 amide bonds. The molecule has 0 unspecified atom stereocenters. The highest BCUT2D eigenvalue weighted by molar-refractivity contribution is 5.96. The number of fused-ring (bicyclic) bond motifs is 2. The normalized spacial score (nSPS) is 39.1. The summed E-state index contributed by atoms with van der Waals surface area (Å²) in [5, 5.41) is 0. The van der Waals surface area contributed by atoms with Crippen molar-refractivity contribution in [2.75, 3.05) is 14.2 Å². The number of Topliss-reactive ketones (excluding diaryl/α,β-unsaturated/α-hetero) is 1. The summed E-state index contributed by atoms with van der Waals surface area (Å²) < 4.78 is 10.7. The van der Waals surface area contributed by atoms with E-state index in [9.17, 15) is 9.59 Å². The third-order valence-electron chi connectivity index (χ3n) is 4.29. The van der Waals surface area contributed by atoms with Crippen LogP contribution in [0.5, 0.6) is 0 Å². The number of carbonyl (C=O) groups is 2. The van der Waals surface area contributed by atoms with Gasteiger partial charge in [-0.05, 0) is 13.3 Å². The zero-order chi connectivity index (χ0) is 12.8. The molecule has 0 aromatic rings. The van der Waals surface area contributed by atoms with Crippen LogP contribution in [0.15, 0.2) is 11.6 Å². The Morgan fingerprint density at radius 1 is 1.41 bits per heavy atom. The Balaban J connectivity index is 2.55. The Bertz CT molecular complexity index is 394. The van der Waals surface area contributed by atoms with Crippen molar-refractivity contribution in [3.8, 4) is 0 Å². The second-order valence-electron chi connectivity index (χ2n) is 5.21. The molecule has 0 radical (unpaired) electrons. The Labute approximate surface area is 101 Å². The minimum absolute atomic E-state index is 0.140. The number of aldehydes is 1. The summed E-state index contributed by atoms with van der Waals surface area (Å²) in [7, 11) is 2.96. The van der Waals surface area contributed by atoms with Gasteiger partial charge in [0.1, 0.15) is 6.29 Å². The van der Waals surface area contributed by atoms with E-state index in [0.29, 0.717) is 6.42 Å². The van der Waals surface area contributed by atoms with Gasteiger partial charge in [0.2, 0.25) is 5.79 Å². The number of methoxy groups -OCH3 is 2. The number of rotatable bonds is 3. The van der Waals surface area contributed by atoms with Gasteiger partial charge in [0.15, 0.2) is 5.78 Å². The Morgan fingerprint density at radius 3 is 2.47 bits per heavy atom. The largest absolute Gasteiger partial charge is 0.347 e. The molecule has 0 spiro atoms. The Morgan fingerprint density at radius 2 is 2.00 bits per heavy atom. The van der Waals surface area contributed by atoms with Gasteiger partial charge < -0.3 is 14.3 Å². The molecule has 3 aliphatic rings. The minimum atomic E-state index is -1.20. The number of ether oxygens (including phenoxy) is 2. The highest BCUT2D eigenvalue weighted by Crippen LogP contribution is 2.54. The first-order chi connectivity index (χ1) is 7.95. The summed E-state index contributed by atoms with van der Waals surface area (Å²) in [5.74, 6) is -1.96. The predicted octanol–water partition coefficient (Wildman–Crippen LogP) is 1.35. The fourth-order valence-corrected chi connectivity index (χ4v) is 3.19. The van der Waals surface area contributed by atoms with Crippen molar-refractivity contribution < 1.29 is 19.1 Å². The zero-order valence-corrected chi connectivity index (χ0v) is 10.6. The lowest BCUT2D eigenvalue weighted by Gasteiger charge is -2.52. The molecule has 3 atom stereocenters.